The second-order valence-corrected chi connectivity index (χ2v) is 7.89. The van der Waals surface area contributed by atoms with E-state index in [1.165, 1.54) is 12.0 Å². The summed E-state index contributed by atoms with van der Waals surface area (Å²) in [4.78, 5) is 38.8. The van der Waals surface area contributed by atoms with E-state index in [0.717, 1.165) is 15.8 Å². The number of rotatable bonds is 2. The maximum absolute atomic E-state index is 12.7. The van der Waals surface area contributed by atoms with Crippen LogP contribution in [-0.4, -0.2) is 60.7 Å². The van der Waals surface area contributed by atoms with Gasteiger partial charge < -0.3 is 24.3 Å². The molecule has 0 aliphatic carbocycles. The molecule has 11 heteroatoms. The molecule has 2 aromatic rings. The number of nitrogens with zero attached hydrogens (tertiary/aromatic N) is 2. The Morgan fingerprint density at radius 2 is 1.84 bits per heavy atom. The lowest BCUT2D eigenvalue weighted by Crippen LogP contribution is -2.53. The average molecular weight is 453 g/mol. The standard InChI is InChI=1S/C21H22F3N3O5/c1-31-13-2-3-15-14-6-9-27(11-16(14)18(28)32-17(15)10-13)20(30)25-12-4-7-26(8-5-12)19(29)21(22,23)24/h2-3,10,12H,4-9,11H2,1H3,(H,25,30). The number of hydrogen-bond acceptors (Lipinski definition) is 5. The molecule has 0 atom stereocenters. The number of carbonyl (C=O) groups is 2. The molecule has 3 amide bonds. The Hall–Kier alpha value is -3.24. The van der Waals surface area contributed by atoms with Crippen LogP contribution in [-0.2, 0) is 17.8 Å². The molecule has 2 aliphatic heterocycles. The number of hydrogen-bond donors (Lipinski definition) is 1. The summed E-state index contributed by atoms with van der Waals surface area (Å²) in [5.41, 5.74) is 1.15. The zero-order chi connectivity index (χ0) is 23.0. The summed E-state index contributed by atoms with van der Waals surface area (Å²) in [5, 5.41) is 3.60. The van der Waals surface area contributed by atoms with E-state index in [4.69, 9.17) is 9.15 Å². The van der Waals surface area contributed by atoms with Crippen molar-refractivity contribution >= 4 is 22.9 Å². The first kappa shape index (κ1) is 22.0. The van der Waals surface area contributed by atoms with Crippen LogP contribution >= 0.6 is 0 Å². The second kappa shape index (κ2) is 8.36. The van der Waals surface area contributed by atoms with E-state index >= 15 is 0 Å². The number of piperidine rings is 1. The Bertz CT molecular complexity index is 1110. The molecule has 32 heavy (non-hydrogen) atoms. The first-order chi connectivity index (χ1) is 15.2. The second-order valence-electron chi connectivity index (χ2n) is 7.89. The summed E-state index contributed by atoms with van der Waals surface area (Å²) < 4.78 is 48.3. The van der Waals surface area contributed by atoms with Crippen molar-refractivity contribution in [3.8, 4) is 5.75 Å². The number of amides is 3. The summed E-state index contributed by atoms with van der Waals surface area (Å²) >= 11 is 0. The minimum atomic E-state index is -4.90. The van der Waals surface area contributed by atoms with E-state index in [0.29, 0.717) is 29.9 Å². The van der Waals surface area contributed by atoms with Crippen LogP contribution < -0.4 is 15.7 Å². The molecule has 2 aliphatic rings. The van der Waals surface area contributed by atoms with Gasteiger partial charge in [-0.1, -0.05) is 0 Å². The van der Waals surface area contributed by atoms with E-state index in [9.17, 15) is 27.6 Å². The number of urea groups is 1. The highest BCUT2D eigenvalue weighted by molar-refractivity contribution is 5.84. The third-order valence-electron chi connectivity index (χ3n) is 5.95. The normalized spacial score (nSPS) is 17.2. The van der Waals surface area contributed by atoms with Gasteiger partial charge >= 0.3 is 23.7 Å². The number of alkyl halides is 3. The predicted octanol–water partition coefficient (Wildman–Crippen LogP) is 2.42. The zero-order valence-electron chi connectivity index (χ0n) is 17.3. The van der Waals surface area contributed by atoms with Crippen LogP contribution in [0.15, 0.2) is 27.4 Å². The Morgan fingerprint density at radius 1 is 1.12 bits per heavy atom. The zero-order valence-corrected chi connectivity index (χ0v) is 17.3. The van der Waals surface area contributed by atoms with Crippen molar-refractivity contribution in [1.82, 2.24) is 15.1 Å². The van der Waals surface area contributed by atoms with Crippen LogP contribution in [0.25, 0.3) is 11.0 Å². The average Bonchev–Trinajstić information content (AvgIpc) is 2.78. The maximum atomic E-state index is 12.7. The fourth-order valence-corrected chi connectivity index (χ4v) is 4.22. The summed E-state index contributed by atoms with van der Waals surface area (Å²) in [7, 11) is 1.52. The van der Waals surface area contributed by atoms with Gasteiger partial charge in [0.25, 0.3) is 0 Å². The minimum Gasteiger partial charge on any atom is -0.497 e. The summed E-state index contributed by atoms with van der Waals surface area (Å²) in [5.74, 6) is -1.29. The molecule has 1 aromatic carbocycles. The molecule has 1 saturated heterocycles. The number of benzene rings is 1. The van der Waals surface area contributed by atoms with Crippen molar-refractivity contribution < 1.29 is 31.9 Å². The van der Waals surface area contributed by atoms with Gasteiger partial charge in [-0.15, -0.1) is 0 Å². The SMILES string of the molecule is COc1ccc2c3c(c(=O)oc2c1)CN(C(=O)NC1CCN(C(=O)C(F)(F)F)CC1)CC3. The van der Waals surface area contributed by atoms with Gasteiger partial charge in [-0.25, -0.2) is 9.59 Å². The first-order valence-electron chi connectivity index (χ1n) is 10.2. The molecule has 1 N–H and O–H groups in total. The molecular formula is C21H22F3N3O5. The fourth-order valence-electron chi connectivity index (χ4n) is 4.22. The van der Waals surface area contributed by atoms with Crippen LogP contribution in [0.5, 0.6) is 5.75 Å². The molecular weight excluding hydrogens is 431 g/mol. The highest BCUT2D eigenvalue weighted by atomic mass is 19.4. The number of likely N-dealkylation sites (tertiary alicyclic amines) is 1. The molecule has 0 bridgehead atoms. The van der Waals surface area contributed by atoms with Gasteiger partial charge in [0.05, 0.1) is 19.2 Å². The van der Waals surface area contributed by atoms with Crippen LogP contribution in [0.1, 0.15) is 24.0 Å². The van der Waals surface area contributed by atoms with Crippen molar-refractivity contribution in [1.29, 1.82) is 0 Å². The molecule has 0 saturated carbocycles. The molecule has 8 nitrogen and oxygen atoms in total. The predicted molar refractivity (Wildman–Crippen MR) is 107 cm³/mol. The van der Waals surface area contributed by atoms with Gasteiger partial charge in [-0.05, 0) is 37.0 Å². The van der Waals surface area contributed by atoms with Gasteiger partial charge in [-0.2, -0.15) is 13.2 Å². The van der Waals surface area contributed by atoms with Gasteiger partial charge in [0, 0.05) is 37.1 Å². The van der Waals surface area contributed by atoms with Crippen molar-refractivity contribution in [2.24, 2.45) is 0 Å². The number of nitrogens with one attached hydrogen (secondary N) is 1. The Balaban J connectivity index is 1.41. The third-order valence-corrected chi connectivity index (χ3v) is 5.95. The number of ether oxygens (including phenoxy) is 1. The lowest BCUT2D eigenvalue weighted by Gasteiger charge is -2.35. The molecule has 1 fully saturated rings. The number of carbonyl (C=O) groups excluding carboxylic acids is 2. The van der Waals surface area contributed by atoms with E-state index in [1.54, 1.807) is 12.1 Å². The Labute approximate surface area is 180 Å². The van der Waals surface area contributed by atoms with Crippen LogP contribution in [0.2, 0.25) is 0 Å². The Kier molecular flexibility index (Phi) is 5.74. The van der Waals surface area contributed by atoms with Gasteiger partial charge in [0.15, 0.2) is 0 Å². The molecule has 172 valence electrons. The van der Waals surface area contributed by atoms with Crippen molar-refractivity contribution in [2.75, 3.05) is 26.7 Å². The summed E-state index contributed by atoms with van der Waals surface area (Å²) in [6.07, 6.45) is -3.97. The lowest BCUT2D eigenvalue weighted by atomic mass is 9.97. The van der Waals surface area contributed by atoms with Crippen molar-refractivity contribution in [3.05, 3.63) is 39.7 Å². The molecule has 3 heterocycles. The van der Waals surface area contributed by atoms with E-state index in [2.05, 4.69) is 5.32 Å². The van der Waals surface area contributed by atoms with Gasteiger partial charge in [0.2, 0.25) is 0 Å². The van der Waals surface area contributed by atoms with Crippen LogP contribution in [0.3, 0.4) is 0 Å². The van der Waals surface area contributed by atoms with Gasteiger partial charge in [-0.3, -0.25) is 4.79 Å². The quantitative estimate of drug-likeness (QED) is 0.706. The Morgan fingerprint density at radius 3 is 2.50 bits per heavy atom. The van der Waals surface area contributed by atoms with Crippen molar-refractivity contribution in [2.45, 2.75) is 38.0 Å². The maximum Gasteiger partial charge on any atom is 0.471 e. The molecule has 0 spiro atoms. The number of fused-ring (bicyclic) bond motifs is 3. The third kappa shape index (κ3) is 4.23. The molecule has 4 rings (SSSR count). The summed E-state index contributed by atoms with van der Waals surface area (Å²) in [6.45, 7) is 0.308. The van der Waals surface area contributed by atoms with Crippen LogP contribution in [0, 0.1) is 0 Å². The topological polar surface area (TPSA) is 92.1 Å². The van der Waals surface area contributed by atoms with Crippen LogP contribution in [0.4, 0.5) is 18.0 Å². The monoisotopic (exact) mass is 453 g/mol. The minimum absolute atomic E-state index is 0.0782. The first-order valence-corrected chi connectivity index (χ1v) is 10.2. The van der Waals surface area contributed by atoms with E-state index < -0.39 is 23.7 Å². The molecule has 1 aromatic heterocycles. The van der Waals surface area contributed by atoms with Crippen molar-refractivity contribution in [3.63, 3.8) is 0 Å². The molecule has 0 radical (unpaired) electrons. The van der Waals surface area contributed by atoms with Gasteiger partial charge in [0.1, 0.15) is 11.3 Å². The highest BCUT2D eigenvalue weighted by Gasteiger charge is 2.43. The van der Waals surface area contributed by atoms with E-state index in [1.807, 2.05) is 6.07 Å². The molecule has 0 unspecified atom stereocenters. The smallest absolute Gasteiger partial charge is 0.471 e. The number of methoxy groups -OCH3 is 1. The number of halogens is 3. The largest absolute Gasteiger partial charge is 0.497 e. The van der Waals surface area contributed by atoms with E-state index in [-0.39, 0.29) is 38.5 Å². The highest BCUT2D eigenvalue weighted by Crippen LogP contribution is 2.28. The fraction of sp³-hybridized carbons (Fsp3) is 0.476. The lowest BCUT2D eigenvalue weighted by molar-refractivity contribution is -0.186. The summed E-state index contributed by atoms with van der Waals surface area (Å²) in [6, 6.07) is 4.50.